The summed E-state index contributed by atoms with van der Waals surface area (Å²) in [7, 11) is 0. The number of furan rings is 1. The molecule has 2 aromatic carbocycles. The predicted octanol–water partition coefficient (Wildman–Crippen LogP) is 3.04. The maximum Gasteiger partial charge on any atom is 0.289 e. The molecule has 1 fully saturated rings. The van der Waals surface area contributed by atoms with E-state index in [1.54, 1.807) is 41.3 Å². The van der Waals surface area contributed by atoms with Gasteiger partial charge in [-0.05, 0) is 42.7 Å². The van der Waals surface area contributed by atoms with Gasteiger partial charge in [0.2, 0.25) is 5.91 Å². The van der Waals surface area contributed by atoms with Crippen LogP contribution in [-0.2, 0) is 11.2 Å². The van der Waals surface area contributed by atoms with Crippen LogP contribution < -0.4 is 10.6 Å². The first-order valence-corrected chi connectivity index (χ1v) is 11.1. The number of hydrogen-bond acceptors (Lipinski definition) is 4. The van der Waals surface area contributed by atoms with Crippen LogP contribution in [-0.4, -0.2) is 47.8 Å². The number of hydrogen-bond donors (Lipinski definition) is 2. The van der Waals surface area contributed by atoms with Gasteiger partial charge in [-0.1, -0.05) is 48.5 Å². The average Bonchev–Trinajstić information content (AvgIpc) is 3.40. The minimum Gasteiger partial charge on any atom is -0.459 e. The number of piperidine rings is 1. The number of carbonyl (C=O) groups excluding carboxylic acids is 3. The SMILES string of the molecule is O=C(NC(Cc1ccccc1)C(=O)NC1CCN(C(=O)c2ccco2)CC1)c1ccccc1. The first-order chi connectivity index (χ1) is 16.1. The zero-order chi connectivity index (χ0) is 23.0. The van der Waals surface area contributed by atoms with Crippen molar-refractivity contribution in [3.05, 3.63) is 95.9 Å². The summed E-state index contributed by atoms with van der Waals surface area (Å²) < 4.78 is 5.20. The monoisotopic (exact) mass is 445 g/mol. The molecule has 2 N–H and O–H groups in total. The summed E-state index contributed by atoms with van der Waals surface area (Å²) in [5.41, 5.74) is 1.47. The fourth-order valence-electron chi connectivity index (χ4n) is 3.97. The van der Waals surface area contributed by atoms with E-state index in [0.29, 0.717) is 43.7 Å². The molecule has 1 aliphatic heterocycles. The molecule has 1 saturated heterocycles. The molecule has 170 valence electrons. The van der Waals surface area contributed by atoms with Crippen molar-refractivity contribution in [3.8, 4) is 0 Å². The summed E-state index contributed by atoms with van der Waals surface area (Å²) in [5, 5.41) is 5.96. The lowest BCUT2D eigenvalue weighted by molar-refractivity contribution is -0.123. The highest BCUT2D eigenvalue weighted by atomic mass is 16.3. The molecule has 7 heteroatoms. The van der Waals surface area contributed by atoms with Crippen molar-refractivity contribution >= 4 is 17.7 Å². The fraction of sp³-hybridized carbons (Fsp3) is 0.269. The number of carbonyl (C=O) groups is 3. The van der Waals surface area contributed by atoms with Gasteiger partial charge < -0.3 is 20.0 Å². The largest absolute Gasteiger partial charge is 0.459 e. The van der Waals surface area contributed by atoms with Gasteiger partial charge in [0.25, 0.3) is 11.8 Å². The van der Waals surface area contributed by atoms with Crippen molar-refractivity contribution in [3.63, 3.8) is 0 Å². The Labute approximate surface area is 192 Å². The van der Waals surface area contributed by atoms with Crippen molar-refractivity contribution in [1.29, 1.82) is 0 Å². The molecule has 0 aliphatic carbocycles. The average molecular weight is 446 g/mol. The number of nitrogens with zero attached hydrogens (tertiary/aromatic N) is 1. The highest BCUT2D eigenvalue weighted by Gasteiger charge is 2.28. The zero-order valence-electron chi connectivity index (χ0n) is 18.3. The van der Waals surface area contributed by atoms with Crippen LogP contribution in [0.5, 0.6) is 0 Å². The van der Waals surface area contributed by atoms with Crippen LogP contribution in [0.2, 0.25) is 0 Å². The number of benzene rings is 2. The first-order valence-electron chi connectivity index (χ1n) is 11.1. The minimum absolute atomic E-state index is 0.0648. The molecule has 4 rings (SSSR count). The molecule has 33 heavy (non-hydrogen) atoms. The molecule has 3 amide bonds. The Morgan fingerprint density at radius 1 is 0.909 bits per heavy atom. The van der Waals surface area contributed by atoms with Crippen molar-refractivity contribution in [2.45, 2.75) is 31.3 Å². The van der Waals surface area contributed by atoms with Gasteiger partial charge in [-0.2, -0.15) is 0 Å². The summed E-state index contributed by atoms with van der Waals surface area (Å²) in [5.74, 6) is -0.324. The number of nitrogens with one attached hydrogen (secondary N) is 2. The zero-order valence-corrected chi connectivity index (χ0v) is 18.3. The Balaban J connectivity index is 1.37. The minimum atomic E-state index is -0.706. The van der Waals surface area contributed by atoms with Crippen LogP contribution in [0.4, 0.5) is 0 Å². The highest BCUT2D eigenvalue weighted by Crippen LogP contribution is 2.15. The van der Waals surface area contributed by atoms with Crippen LogP contribution in [0.25, 0.3) is 0 Å². The Kier molecular flexibility index (Phi) is 7.19. The van der Waals surface area contributed by atoms with E-state index in [1.807, 2.05) is 36.4 Å². The smallest absolute Gasteiger partial charge is 0.289 e. The molecule has 1 atom stereocenters. The van der Waals surface area contributed by atoms with Gasteiger partial charge in [-0.25, -0.2) is 0 Å². The first kappa shape index (κ1) is 22.3. The Bertz CT molecular complexity index is 1060. The van der Waals surface area contributed by atoms with Crippen LogP contribution in [0.3, 0.4) is 0 Å². The normalized spacial score (nSPS) is 15.0. The summed E-state index contributed by atoms with van der Waals surface area (Å²) >= 11 is 0. The third-order valence-corrected chi connectivity index (χ3v) is 5.80. The third-order valence-electron chi connectivity index (χ3n) is 5.80. The maximum atomic E-state index is 13.2. The standard InChI is InChI=1S/C26H27N3O4/c30-24(20-10-5-2-6-11-20)28-22(18-19-8-3-1-4-9-19)25(31)27-21-13-15-29(16-14-21)26(32)23-12-7-17-33-23/h1-12,17,21-22H,13-16,18H2,(H,27,31)(H,28,30). The fourth-order valence-corrected chi connectivity index (χ4v) is 3.97. The van der Waals surface area contributed by atoms with Crippen molar-refractivity contribution < 1.29 is 18.8 Å². The van der Waals surface area contributed by atoms with E-state index in [9.17, 15) is 14.4 Å². The van der Waals surface area contributed by atoms with E-state index >= 15 is 0 Å². The molecule has 3 aromatic rings. The van der Waals surface area contributed by atoms with Crippen LogP contribution in [0.1, 0.15) is 39.3 Å². The van der Waals surface area contributed by atoms with Crippen LogP contribution in [0, 0.1) is 0 Å². The Hall–Kier alpha value is -3.87. The van der Waals surface area contributed by atoms with Gasteiger partial charge in [-0.15, -0.1) is 0 Å². The van der Waals surface area contributed by atoms with E-state index in [2.05, 4.69) is 10.6 Å². The lowest BCUT2D eigenvalue weighted by atomic mass is 10.0. The number of rotatable bonds is 7. The maximum absolute atomic E-state index is 13.2. The van der Waals surface area contributed by atoms with Gasteiger partial charge in [0.15, 0.2) is 5.76 Å². The summed E-state index contributed by atoms with van der Waals surface area (Å²) in [6.07, 6.45) is 3.16. The number of amides is 3. The number of likely N-dealkylation sites (tertiary alicyclic amines) is 1. The van der Waals surface area contributed by atoms with Gasteiger partial charge >= 0.3 is 0 Å². The third kappa shape index (κ3) is 5.88. The second-order valence-corrected chi connectivity index (χ2v) is 8.13. The molecule has 7 nitrogen and oxygen atoms in total. The van der Waals surface area contributed by atoms with Crippen molar-refractivity contribution in [2.24, 2.45) is 0 Å². The van der Waals surface area contributed by atoms with Gasteiger partial charge in [0.05, 0.1) is 6.26 Å². The topological polar surface area (TPSA) is 91.7 Å². The molecule has 1 unspecified atom stereocenters. The molecule has 0 radical (unpaired) electrons. The lowest BCUT2D eigenvalue weighted by Crippen LogP contribution is -2.53. The molecule has 0 spiro atoms. The van der Waals surface area contributed by atoms with E-state index < -0.39 is 6.04 Å². The van der Waals surface area contributed by atoms with Crippen LogP contribution in [0.15, 0.2) is 83.5 Å². The van der Waals surface area contributed by atoms with Gasteiger partial charge in [0.1, 0.15) is 6.04 Å². The summed E-state index contributed by atoms with van der Waals surface area (Å²) in [6, 6.07) is 21.1. The molecule has 0 bridgehead atoms. The molecular formula is C26H27N3O4. The molecular weight excluding hydrogens is 418 g/mol. The van der Waals surface area contributed by atoms with Gasteiger partial charge in [0, 0.05) is 31.1 Å². The Morgan fingerprint density at radius 3 is 2.21 bits per heavy atom. The van der Waals surface area contributed by atoms with Crippen molar-refractivity contribution in [2.75, 3.05) is 13.1 Å². The van der Waals surface area contributed by atoms with Crippen LogP contribution >= 0.6 is 0 Å². The molecule has 0 saturated carbocycles. The van der Waals surface area contributed by atoms with Crippen molar-refractivity contribution in [1.82, 2.24) is 15.5 Å². The second-order valence-electron chi connectivity index (χ2n) is 8.13. The second kappa shape index (κ2) is 10.6. The molecule has 1 aromatic heterocycles. The van der Waals surface area contributed by atoms with E-state index in [1.165, 1.54) is 6.26 Å². The molecule has 1 aliphatic rings. The quantitative estimate of drug-likeness (QED) is 0.585. The molecule has 2 heterocycles. The van der Waals surface area contributed by atoms with Gasteiger partial charge in [-0.3, -0.25) is 14.4 Å². The van der Waals surface area contributed by atoms with E-state index in [0.717, 1.165) is 5.56 Å². The summed E-state index contributed by atoms with van der Waals surface area (Å²) in [4.78, 5) is 40.1. The Morgan fingerprint density at radius 2 is 1.58 bits per heavy atom. The summed E-state index contributed by atoms with van der Waals surface area (Å²) in [6.45, 7) is 1.06. The highest BCUT2D eigenvalue weighted by molar-refractivity contribution is 5.97. The predicted molar refractivity (Wildman–Crippen MR) is 124 cm³/mol. The lowest BCUT2D eigenvalue weighted by Gasteiger charge is -2.32. The van der Waals surface area contributed by atoms with E-state index in [4.69, 9.17) is 4.42 Å². The van der Waals surface area contributed by atoms with E-state index in [-0.39, 0.29) is 23.8 Å².